The molecule has 1 unspecified atom stereocenters. The fourth-order valence-corrected chi connectivity index (χ4v) is 3.13. The fraction of sp³-hybridized carbons (Fsp3) is 0.500. The average molecular weight is 279 g/mol. The molecule has 19 heavy (non-hydrogen) atoms. The molecule has 0 bridgehead atoms. The van der Waals surface area contributed by atoms with Crippen LogP contribution in [0.2, 0.25) is 0 Å². The number of rotatable bonds is 4. The van der Waals surface area contributed by atoms with Crippen molar-refractivity contribution in [1.82, 2.24) is 9.97 Å². The molecule has 0 radical (unpaired) electrons. The maximum atomic E-state index is 5.43. The number of ether oxygens (including phenoxy) is 1. The molecule has 2 aromatic heterocycles. The molecule has 0 saturated carbocycles. The Morgan fingerprint density at radius 3 is 3.11 bits per heavy atom. The third-order valence-corrected chi connectivity index (χ3v) is 4.37. The van der Waals surface area contributed by atoms with Crippen LogP contribution in [-0.2, 0) is 11.2 Å². The SMILES string of the molecule is CCc1cc2c(NC3CCOC3)nc(NN)nc2s1. The van der Waals surface area contributed by atoms with Gasteiger partial charge in [-0.05, 0) is 18.9 Å². The smallest absolute Gasteiger partial charge is 0.240 e. The van der Waals surface area contributed by atoms with Gasteiger partial charge in [-0.25, -0.2) is 10.8 Å². The van der Waals surface area contributed by atoms with Crippen LogP contribution in [0.1, 0.15) is 18.2 Å². The number of hydrazine groups is 1. The predicted molar refractivity (Wildman–Crippen MR) is 77.4 cm³/mol. The van der Waals surface area contributed by atoms with Gasteiger partial charge in [0.15, 0.2) is 0 Å². The second-order valence-electron chi connectivity index (χ2n) is 4.53. The Hall–Kier alpha value is -1.44. The van der Waals surface area contributed by atoms with Crippen LogP contribution in [0, 0.1) is 0 Å². The standard InChI is InChI=1S/C12H17N5OS/c1-2-8-5-9-10(14-7-3-4-18-6-7)15-12(17-13)16-11(9)19-8/h5,7H,2-4,6,13H2,1H3,(H2,14,15,16,17). The molecule has 102 valence electrons. The first kappa shape index (κ1) is 12.6. The molecule has 1 saturated heterocycles. The predicted octanol–water partition coefficient (Wildman–Crippen LogP) is 1.74. The minimum Gasteiger partial charge on any atom is -0.379 e. The monoisotopic (exact) mass is 279 g/mol. The van der Waals surface area contributed by atoms with Gasteiger partial charge in [0, 0.05) is 11.5 Å². The normalized spacial score (nSPS) is 18.9. The van der Waals surface area contributed by atoms with Crippen molar-refractivity contribution >= 4 is 33.3 Å². The van der Waals surface area contributed by atoms with E-state index in [1.54, 1.807) is 11.3 Å². The van der Waals surface area contributed by atoms with E-state index in [0.29, 0.717) is 12.0 Å². The Morgan fingerprint density at radius 1 is 1.53 bits per heavy atom. The van der Waals surface area contributed by atoms with Crippen molar-refractivity contribution in [2.45, 2.75) is 25.8 Å². The van der Waals surface area contributed by atoms with E-state index in [1.807, 2.05) is 0 Å². The maximum absolute atomic E-state index is 5.43. The van der Waals surface area contributed by atoms with Gasteiger partial charge < -0.3 is 10.1 Å². The molecule has 1 aliphatic rings. The Balaban J connectivity index is 2.01. The molecular formula is C12H17N5OS. The summed E-state index contributed by atoms with van der Waals surface area (Å²) in [6.07, 6.45) is 2.00. The van der Waals surface area contributed by atoms with Crippen LogP contribution in [0.25, 0.3) is 10.2 Å². The fourth-order valence-electron chi connectivity index (χ4n) is 2.16. The van der Waals surface area contributed by atoms with E-state index in [4.69, 9.17) is 10.6 Å². The van der Waals surface area contributed by atoms with Gasteiger partial charge in [-0.1, -0.05) is 6.92 Å². The Bertz CT molecular complexity index is 579. The van der Waals surface area contributed by atoms with Crippen LogP contribution < -0.4 is 16.6 Å². The molecule has 2 aromatic rings. The first-order chi connectivity index (χ1) is 9.30. The lowest BCUT2D eigenvalue weighted by Crippen LogP contribution is -2.21. The van der Waals surface area contributed by atoms with Gasteiger partial charge in [-0.3, -0.25) is 5.43 Å². The minimum atomic E-state index is 0.314. The van der Waals surface area contributed by atoms with E-state index in [9.17, 15) is 0 Å². The van der Waals surface area contributed by atoms with Crippen LogP contribution in [-0.4, -0.2) is 29.2 Å². The summed E-state index contributed by atoms with van der Waals surface area (Å²) in [4.78, 5) is 11.1. The van der Waals surface area contributed by atoms with Crippen LogP contribution >= 0.6 is 11.3 Å². The Kier molecular flexibility index (Phi) is 3.50. The van der Waals surface area contributed by atoms with Crippen LogP contribution in [0.15, 0.2) is 6.07 Å². The highest BCUT2D eigenvalue weighted by Crippen LogP contribution is 2.31. The third-order valence-electron chi connectivity index (χ3n) is 3.19. The van der Waals surface area contributed by atoms with Gasteiger partial charge >= 0.3 is 0 Å². The molecule has 4 N–H and O–H groups in total. The van der Waals surface area contributed by atoms with Gasteiger partial charge in [0.1, 0.15) is 10.6 Å². The van der Waals surface area contributed by atoms with Crippen molar-refractivity contribution in [3.8, 4) is 0 Å². The number of nitrogens with two attached hydrogens (primary N) is 1. The number of anilines is 2. The van der Waals surface area contributed by atoms with Gasteiger partial charge in [-0.2, -0.15) is 4.98 Å². The number of fused-ring (bicyclic) bond motifs is 1. The molecular weight excluding hydrogens is 262 g/mol. The van der Waals surface area contributed by atoms with E-state index < -0.39 is 0 Å². The first-order valence-corrected chi connectivity index (χ1v) is 7.23. The number of thiophene rings is 1. The zero-order chi connectivity index (χ0) is 13.2. The Morgan fingerprint density at radius 2 is 2.42 bits per heavy atom. The van der Waals surface area contributed by atoms with Gasteiger partial charge in [0.05, 0.1) is 18.0 Å². The molecule has 0 amide bonds. The number of hydrogen-bond donors (Lipinski definition) is 3. The van der Waals surface area contributed by atoms with E-state index in [2.05, 4.69) is 33.7 Å². The molecule has 1 atom stereocenters. The van der Waals surface area contributed by atoms with Crippen molar-refractivity contribution in [3.05, 3.63) is 10.9 Å². The van der Waals surface area contributed by atoms with Crippen molar-refractivity contribution < 1.29 is 4.74 Å². The average Bonchev–Trinajstić information content (AvgIpc) is 3.06. The second-order valence-corrected chi connectivity index (χ2v) is 5.65. The summed E-state index contributed by atoms with van der Waals surface area (Å²) in [6.45, 7) is 3.66. The van der Waals surface area contributed by atoms with E-state index in [1.165, 1.54) is 4.88 Å². The largest absolute Gasteiger partial charge is 0.379 e. The summed E-state index contributed by atoms with van der Waals surface area (Å²) in [5.41, 5.74) is 2.52. The highest BCUT2D eigenvalue weighted by molar-refractivity contribution is 7.18. The minimum absolute atomic E-state index is 0.314. The van der Waals surface area contributed by atoms with Crippen LogP contribution in [0.4, 0.5) is 11.8 Å². The summed E-state index contributed by atoms with van der Waals surface area (Å²) in [5.74, 6) is 6.71. The van der Waals surface area contributed by atoms with Gasteiger partial charge in [0.2, 0.25) is 5.95 Å². The van der Waals surface area contributed by atoms with Crippen LogP contribution in [0.5, 0.6) is 0 Å². The first-order valence-electron chi connectivity index (χ1n) is 6.41. The molecule has 0 aliphatic carbocycles. The van der Waals surface area contributed by atoms with E-state index in [-0.39, 0.29) is 0 Å². The van der Waals surface area contributed by atoms with Crippen LogP contribution in [0.3, 0.4) is 0 Å². The summed E-state index contributed by atoms with van der Waals surface area (Å²) in [7, 11) is 0. The molecule has 3 heterocycles. The highest BCUT2D eigenvalue weighted by atomic mass is 32.1. The number of nitrogen functional groups attached to an aromatic ring is 1. The number of nitrogens with zero attached hydrogens (tertiary/aromatic N) is 2. The number of aryl methyl sites for hydroxylation is 1. The number of nitrogens with one attached hydrogen (secondary N) is 2. The summed E-state index contributed by atoms with van der Waals surface area (Å²) >= 11 is 1.68. The number of hydrogen-bond acceptors (Lipinski definition) is 7. The second kappa shape index (κ2) is 5.28. The molecule has 6 nitrogen and oxygen atoms in total. The van der Waals surface area contributed by atoms with Crippen molar-refractivity contribution in [1.29, 1.82) is 0 Å². The Labute approximate surface area is 115 Å². The van der Waals surface area contributed by atoms with Crippen molar-refractivity contribution in [2.75, 3.05) is 24.0 Å². The molecule has 3 rings (SSSR count). The summed E-state index contributed by atoms with van der Waals surface area (Å²) < 4.78 is 5.38. The van der Waals surface area contributed by atoms with E-state index >= 15 is 0 Å². The summed E-state index contributed by atoms with van der Waals surface area (Å²) in [6, 6.07) is 2.46. The molecule has 1 aliphatic heterocycles. The molecule has 0 spiro atoms. The molecule has 0 aromatic carbocycles. The topological polar surface area (TPSA) is 85.1 Å². The highest BCUT2D eigenvalue weighted by Gasteiger charge is 2.18. The van der Waals surface area contributed by atoms with Crippen molar-refractivity contribution in [2.24, 2.45) is 5.84 Å². The number of aromatic nitrogens is 2. The molecule has 1 fully saturated rings. The summed E-state index contributed by atoms with van der Waals surface area (Å²) in [5, 5.41) is 4.49. The quantitative estimate of drug-likeness (QED) is 0.584. The zero-order valence-electron chi connectivity index (χ0n) is 10.8. The lowest BCUT2D eigenvalue weighted by molar-refractivity contribution is 0.195. The maximum Gasteiger partial charge on any atom is 0.240 e. The molecule has 7 heteroatoms. The lowest BCUT2D eigenvalue weighted by atomic mass is 10.2. The lowest BCUT2D eigenvalue weighted by Gasteiger charge is -2.12. The zero-order valence-corrected chi connectivity index (χ0v) is 11.6. The van der Waals surface area contributed by atoms with Gasteiger partial charge in [-0.15, -0.1) is 11.3 Å². The van der Waals surface area contributed by atoms with Gasteiger partial charge in [0.25, 0.3) is 0 Å². The third kappa shape index (κ3) is 2.49. The van der Waals surface area contributed by atoms with Crippen molar-refractivity contribution in [3.63, 3.8) is 0 Å². The van der Waals surface area contributed by atoms with E-state index in [0.717, 1.165) is 42.1 Å².